The molecular weight excluding hydrogens is 612 g/mol. The van der Waals surface area contributed by atoms with Crippen molar-refractivity contribution in [1.29, 1.82) is 0 Å². The van der Waals surface area contributed by atoms with Gasteiger partial charge in [0.2, 0.25) is 5.91 Å². The summed E-state index contributed by atoms with van der Waals surface area (Å²) in [6, 6.07) is 5.64. The van der Waals surface area contributed by atoms with Gasteiger partial charge in [-0.05, 0) is 30.5 Å². The molecule has 0 heterocycles. The topological polar surface area (TPSA) is 244 Å². The predicted molar refractivity (Wildman–Crippen MR) is 164 cm³/mol. The fourth-order valence-corrected chi connectivity index (χ4v) is 4.30. The molecule has 1 unspecified atom stereocenters. The van der Waals surface area contributed by atoms with E-state index in [1.807, 2.05) is 6.92 Å². The molecule has 260 valence electrons. The van der Waals surface area contributed by atoms with Gasteiger partial charge < -0.3 is 40.3 Å². The van der Waals surface area contributed by atoms with Gasteiger partial charge in [0.1, 0.15) is 6.61 Å². The molecule has 1 amide bonds. The lowest BCUT2D eigenvalue weighted by molar-refractivity contribution is -0.144. The first kappa shape index (κ1) is 41.8. The van der Waals surface area contributed by atoms with Crippen molar-refractivity contribution < 1.29 is 63.8 Å². The molecule has 0 radical (unpaired) electrons. The summed E-state index contributed by atoms with van der Waals surface area (Å²) < 4.78 is 10.5. The second-order valence-electron chi connectivity index (χ2n) is 10.1. The van der Waals surface area contributed by atoms with E-state index in [4.69, 9.17) is 19.7 Å². The Hall–Kier alpha value is -4.16. The molecule has 0 aliphatic heterocycles. The van der Waals surface area contributed by atoms with Gasteiger partial charge in [-0.3, -0.25) is 43.5 Å². The number of carboxylic acids is 5. The van der Waals surface area contributed by atoms with Crippen LogP contribution in [0.1, 0.15) is 26.3 Å². The Bertz CT molecular complexity index is 1080. The summed E-state index contributed by atoms with van der Waals surface area (Å²) in [7, 11) is 0. The molecule has 1 atom stereocenters. The average molecular weight is 659 g/mol. The Labute approximate surface area is 267 Å². The summed E-state index contributed by atoms with van der Waals surface area (Å²) in [5, 5.41) is 49.3. The molecule has 0 spiro atoms. The molecular formula is C29H46N4O13. The molecule has 6 N–H and O–H groups in total. The lowest BCUT2D eigenvalue weighted by Gasteiger charge is -2.34. The van der Waals surface area contributed by atoms with Gasteiger partial charge in [0.15, 0.2) is 0 Å². The SMILES string of the molecule is C.CCCOCCOCC(=O)Nc1ccc(CC(CN(CCN(CC(=O)O)CC(=O)O)CC(=O)O)N(CC(=O)O)CC(=O)O)cc1. The highest BCUT2D eigenvalue weighted by Gasteiger charge is 2.27. The van der Waals surface area contributed by atoms with Gasteiger partial charge in [0, 0.05) is 38.0 Å². The number of benzene rings is 1. The van der Waals surface area contributed by atoms with Crippen LogP contribution >= 0.6 is 0 Å². The number of amides is 1. The van der Waals surface area contributed by atoms with Gasteiger partial charge in [-0.1, -0.05) is 26.5 Å². The first-order valence-electron chi connectivity index (χ1n) is 14.1. The van der Waals surface area contributed by atoms with Crippen LogP contribution in [0.4, 0.5) is 5.69 Å². The Morgan fingerprint density at radius 2 is 1.17 bits per heavy atom. The number of carbonyl (C=O) groups excluding carboxylic acids is 1. The van der Waals surface area contributed by atoms with Crippen LogP contribution in [-0.4, -0.2) is 161 Å². The van der Waals surface area contributed by atoms with Crippen molar-refractivity contribution in [2.45, 2.75) is 33.2 Å². The lowest BCUT2D eigenvalue weighted by Crippen LogP contribution is -2.51. The summed E-state index contributed by atoms with van der Waals surface area (Å²) >= 11 is 0. The second kappa shape index (κ2) is 23.2. The molecule has 0 saturated carbocycles. The maximum Gasteiger partial charge on any atom is 0.317 e. The van der Waals surface area contributed by atoms with Crippen LogP contribution < -0.4 is 5.32 Å². The van der Waals surface area contributed by atoms with E-state index in [0.717, 1.165) is 11.3 Å². The van der Waals surface area contributed by atoms with Crippen LogP contribution in [0.2, 0.25) is 0 Å². The summed E-state index contributed by atoms with van der Waals surface area (Å²) in [6.45, 7) is -0.479. The minimum Gasteiger partial charge on any atom is -0.480 e. The van der Waals surface area contributed by atoms with Gasteiger partial charge in [-0.15, -0.1) is 0 Å². The molecule has 46 heavy (non-hydrogen) atoms. The molecule has 17 nitrogen and oxygen atoms in total. The Morgan fingerprint density at radius 1 is 0.696 bits per heavy atom. The highest BCUT2D eigenvalue weighted by Crippen LogP contribution is 2.15. The van der Waals surface area contributed by atoms with E-state index in [0.29, 0.717) is 24.5 Å². The number of hydrogen-bond acceptors (Lipinski definition) is 11. The number of hydrogen-bond donors (Lipinski definition) is 6. The zero-order chi connectivity index (χ0) is 33.8. The summed E-state index contributed by atoms with van der Waals surface area (Å²) in [5.74, 6) is -6.82. The minimum atomic E-state index is -1.31. The van der Waals surface area contributed by atoms with E-state index in [1.54, 1.807) is 24.3 Å². The van der Waals surface area contributed by atoms with Crippen LogP contribution in [0.25, 0.3) is 0 Å². The third-order valence-corrected chi connectivity index (χ3v) is 6.13. The van der Waals surface area contributed by atoms with Gasteiger partial charge in [0.05, 0.1) is 45.9 Å². The third kappa shape index (κ3) is 20.0. The third-order valence-electron chi connectivity index (χ3n) is 6.13. The maximum atomic E-state index is 12.2. The van der Waals surface area contributed by atoms with Crippen LogP contribution in [0, 0.1) is 0 Å². The van der Waals surface area contributed by atoms with Crippen molar-refractivity contribution in [3.63, 3.8) is 0 Å². The van der Waals surface area contributed by atoms with Gasteiger partial charge in [-0.2, -0.15) is 0 Å². The van der Waals surface area contributed by atoms with E-state index < -0.39 is 74.5 Å². The van der Waals surface area contributed by atoms with Crippen LogP contribution in [0.15, 0.2) is 24.3 Å². The standard InChI is InChI=1S/C28H42N4O13.CH4/c1-2-9-44-10-11-45-19-23(33)29-21-5-3-20(4-6-21)12-22(32(17-27(40)41)18-28(42)43)13-30(14-24(34)35)7-8-31(15-25(36)37)16-26(38)39;/h3-6,22H,2,7-19H2,1H3,(H,29,33)(H,34,35)(H,36,37)(H,38,39)(H,40,41)(H,42,43);1H4. The van der Waals surface area contributed by atoms with E-state index >= 15 is 0 Å². The summed E-state index contributed by atoms with van der Waals surface area (Å²) in [5.41, 5.74) is 1.07. The summed E-state index contributed by atoms with van der Waals surface area (Å²) in [6.07, 6.45) is 0.955. The first-order valence-corrected chi connectivity index (χ1v) is 14.1. The molecule has 0 aliphatic rings. The van der Waals surface area contributed by atoms with Crippen molar-refractivity contribution >= 4 is 41.4 Å². The highest BCUT2D eigenvalue weighted by molar-refractivity contribution is 5.91. The van der Waals surface area contributed by atoms with Crippen molar-refractivity contribution in [3.05, 3.63) is 29.8 Å². The van der Waals surface area contributed by atoms with E-state index in [-0.39, 0.29) is 46.7 Å². The van der Waals surface area contributed by atoms with Crippen molar-refractivity contribution in [2.24, 2.45) is 0 Å². The number of carboxylic acid groups (broad SMARTS) is 5. The van der Waals surface area contributed by atoms with Crippen molar-refractivity contribution in [3.8, 4) is 0 Å². The molecule has 0 aromatic heterocycles. The average Bonchev–Trinajstić information content (AvgIpc) is 2.92. The number of aliphatic carboxylic acids is 5. The molecule has 1 aromatic rings. The molecule has 0 fully saturated rings. The number of nitrogens with zero attached hydrogens (tertiary/aromatic N) is 3. The van der Waals surface area contributed by atoms with E-state index in [1.165, 1.54) is 9.80 Å². The fourth-order valence-electron chi connectivity index (χ4n) is 4.30. The zero-order valence-electron chi connectivity index (χ0n) is 25.1. The van der Waals surface area contributed by atoms with Gasteiger partial charge in [0.25, 0.3) is 0 Å². The number of rotatable bonds is 26. The van der Waals surface area contributed by atoms with Crippen LogP contribution in [-0.2, 0) is 44.7 Å². The largest absolute Gasteiger partial charge is 0.480 e. The molecule has 1 aromatic carbocycles. The highest BCUT2D eigenvalue weighted by atomic mass is 16.5. The monoisotopic (exact) mass is 658 g/mol. The lowest BCUT2D eigenvalue weighted by atomic mass is 10.0. The number of carbonyl (C=O) groups is 6. The smallest absolute Gasteiger partial charge is 0.317 e. The second-order valence-corrected chi connectivity index (χ2v) is 10.1. The first-order chi connectivity index (χ1) is 21.3. The maximum absolute atomic E-state index is 12.2. The Kier molecular flexibility index (Phi) is 21.1. The van der Waals surface area contributed by atoms with Crippen LogP contribution in [0.5, 0.6) is 0 Å². The quantitative estimate of drug-likeness (QED) is 0.0714. The molecule has 17 heteroatoms. The zero-order valence-corrected chi connectivity index (χ0v) is 25.1. The predicted octanol–water partition coefficient (Wildman–Crippen LogP) is -0.0555. The number of nitrogens with one attached hydrogen (secondary N) is 1. The number of ether oxygens (including phenoxy) is 2. The number of anilines is 1. The fraction of sp³-hybridized carbons (Fsp3) is 0.586. The Balaban J connectivity index is 0.0000202. The molecule has 0 bridgehead atoms. The molecule has 1 rings (SSSR count). The van der Waals surface area contributed by atoms with Crippen molar-refractivity contribution in [1.82, 2.24) is 14.7 Å². The normalized spacial score (nSPS) is 11.7. The Morgan fingerprint density at radius 3 is 1.67 bits per heavy atom. The molecule has 0 aliphatic carbocycles. The minimum absolute atomic E-state index is 0. The van der Waals surface area contributed by atoms with E-state index in [2.05, 4.69) is 5.32 Å². The van der Waals surface area contributed by atoms with Crippen molar-refractivity contribution in [2.75, 3.05) is 84.1 Å². The van der Waals surface area contributed by atoms with Crippen LogP contribution in [0.3, 0.4) is 0 Å². The van der Waals surface area contributed by atoms with E-state index in [9.17, 15) is 44.1 Å². The van der Waals surface area contributed by atoms with Gasteiger partial charge >= 0.3 is 29.8 Å². The summed E-state index contributed by atoms with van der Waals surface area (Å²) in [4.78, 5) is 73.0. The van der Waals surface area contributed by atoms with Gasteiger partial charge in [-0.25, -0.2) is 0 Å². The molecule has 0 saturated heterocycles.